The monoisotopic (exact) mass is 394 g/mol. The molecule has 3 atom stereocenters. The second kappa shape index (κ2) is 9.73. The molecule has 0 bridgehead atoms. The third-order valence-corrected chi connectivity index (χ3v) is 5.20. The lowest BCUT2D eigenvalue weighted by molar-refractivity contribution is -0.129. The van der Waals surface area contributed by atoms with Crippen molar-refractivity contribution in [2.75, 3.05) is 0 Å². The summed E-state index contributed by atoms with van der Waals surface area (Å²) < 4.78 is 0. The summed E-state index contributed by atoms with van der Waals surface area (Å²) in [5.41, 5.74) is 1.22. The number of rotatable bonds is 7. The van der Waals surface area contributed by atoms with Crippen LogP contribution in [-0.4, -0.2) is 28.3 Å². The molecule has 0 radical (unpaired) electrons. The molecule has 1 N–H and O–H groups in total. The van der Waals surface area contributed by atoms with E-state index in [9.17, 15) is 9.59 Å². The van der Waals surface area contributed by atoms with Gasteiger partial charge in [0.2, 0.25) is 5.91 Å². The molecule has 0 heterocycles. The van der Waals surface area contributed by atoms with E-state index in [1.54, 1.807) is 4.90 Å². The Bertz CT molecular complexity index is 797. The van der Waals surface area contributed by atoms with Crippen molar-refractivity contribution < 1.29 is 9.59 Å². The van der Waals surface area contributed by atoms with Crippen LogP contribution in [0.3, 0.4) is 0 Å². The van der Waals surface area contributed by atoms with Crippen molar-refractivity contribution in [3.8, 4) is 0 Å². The molecule has 156 valence electrons. The van der Waals surface area contributed by atoms with Gasteiger partial charge in [-0.05, 0) is 51.3 Å². The maximum absolute atomic E-state index is 13.6. The summed E-state index contributed by atoms with van der Waals surface area (Å²) in [5, 5.41) is 3.09. The minimum absolute atomic E-state index is 0.0103. The summed E-state index contributed by atoms with van der Waals surface area (Å²) in [7, 11) is 0. The normalized spacial score (nSPS) is 14.6. The summed E-state index contributed by atoms with van der Waals surface area (Å²) >= 11 is 0. The van der Waals surface area contributed by atoms with Crippen LogP contribution in [0.25, 0.3) is 0 Å². The van der Waals surface area contributed by atoms with Gasteiger partial charge >= 0.3 is 0 Å². The van der Waals surface area contributed by atoms with Crippen molar-refractivity contribution in [1.82, 2.24) is 10.2 Å². The zero-order chi connectivity index (χ0) is 21.6. The number of carbonyl (C=O) groups is 2. The first-order valence-corrected chi connectivity index (χ1v) is 10.4. The highest BCUT2D eigenvalue weighted by Gasteiger charge is 2.38. The molecule has 0 aliphatic rings. The highest BCUT2D eigenvalue weighted by molar-refractivity contribution is 5.98. The SMILES string of the molecule is CC[C@H](C)[C@@H](C(=O)NC(C)(C)C)N(C(=O)c1ccccc1)[C@H](C)c1ccccc1. The zero-order valence-corrected chi connectivity index (χ0v) is 18.5. The fourth-order valence-electron chi connectivity index (χ4n) is 3.49. The Morgan fingerprint density at radius 2 is 1.45 bits per heavy atom. The molecule has 4 nitrogen and oxygen atoms in total. The first kappa shape index (κ1) is 22.7. The number of hydrogen-bond acceptors (Lipinski definition) is 2. The molecule has 0 aliphatic carbocycles. The minimum Gasteiger partial charge on any atom is -0.350 e. The van der Waals surface area contributed by atoms with Crippen LogP contribution >= 0.6 is 0 Å². The number of hydrogen-bond donors (Lipinski definition) is 1. The third-order valence-electron chi connectivity index (χ3n) is 5.20. The van der Waals surface area contributed by atoms with E-state index in [1.807, 2.05) is 95.3 Å². The molecular weight excluding hydrogens is 360 g/mol. The van der Waals surface area contributed by atoms with Crippen LogP contribution < -0.4 is 5.32 Å². The van der Waals surface area contributed by atoms with E-state index in [2.05, 4.69) is 12.2 Å². The largest absolute Gasteiger partial charge is 0.350 e. The van der Waals surface area contributed by atoms with Crippen molar-refractivity contribution in [2.45, 2.75) is 65.6 Å². The first-order chi connectivity index (χ1) is 13.7. The summed E-state index contributed by atoms with van der Waals surface area (Å²) in [6.45, 7) is 12.0. The topological polar surface area (TPSA) is 49.4 Å². The quantitative estimate of drug-likeness (QED) is 0.700. The van der Waals surface area contributed by atoms with Gasteiger partial charge in [-0.25, -0.2) is 0 Å². The van der Waals surface area contributed by atoms with Gasteiger partial charge in [0.25, 0.3) is 5.91 Å². The fraction of sp³-hybridized carbons (Fsp3) is 0.440. The van der Waals surface area contributed by atoms with Crippen LogP contribution in [-0.2, 0) is 4.79 Å². The van der Waals surface area contributed by atoms with Gasteiger partial charge in [0.05, 0.1) is 6.04 Å². The van der Waals surface area contributed by atoms with E-state index >= 15 is 0 Å². The van der Waals surface area contributed by atoms with E-state index < -0.39 is 6.04 Å². The predicted molar refractivity (Wildman–Crippen MR) is 119 cm³/mol. The number of amides is 2. The van der Waals surface area contributed by atoms with Crippen LogP contribution in [0.5, 0.6) is 0 Å². The number of nitrogens with one attached hydrogen (secondary N) is 1. The maximum Gasteiger partial charge on any atom is 0.255 e. The molecule has 0 fully saturated rings. The number of carbonyl (C=O) groups excluding carboxylic acids is 2. The Labute approximate surface area is 175 Å². The smallest absolute Gasteiger partial charge is 0.255 e. The van der Waals surface area contributed by atoms with E-state index in [0.29, 0.717) is 5.56 Å². The lowest BCUT2D eigenvalue weighted by atomic mass is 9.92. The molecular formula is C25H34N2O2. The summed E-state index contributed by atoms with van der Waals surface area (Å²) in [6, 6.07) is 18.3. The maximum atomic E-state index is 13.6. The first-order valence-electron chi connectivity index (χ1n) is 10.4. The van der Waals surface area contributed by atoms with E-state index in [-0.39, 0.29) is 29.3 Å². The Kier molecular flexibility index (Phi) is 7.60. The van der Waals surface area contributed by atoms with Gasteiger partial charge < -0.3 is 10.2 Å². The molecule has 2 rings (SSSR count). The van der Waals surface area contributed by atoms with Crippen LogP contribution in [0.15, 0.2) is 60.7 Å². The molecule has 0 unspecified atom stereocenters. The standard InChI is InChI=1S/C25H34N2O2/c1-7-18(2)22(23(28)26-25(4,5)6)27(19(3)20-14-10-8-11-15-20)24(29)21-16-12-9-13-17-21/h8-19,22H,7H2,1-6H3,(H,26,28)/t18-,19+,22-/m0/s1. The van der Waals surface area contributed by atoms with Crippen molar-refractivity contribution in [2.24, 2.45) is 5.92 Å². The average Bonchev–Trinajstić information content (AvgIpc) is 2.70. The lowest BCUT2D eigenvalue weighted by Crippen LogP contribution is -2.56. The van der Waals surface area contributed by atoms with Crippen LogP contribution in [0, 0.1) is 5.92 Å². The van der Waals surface area contributed by atoms with Gasteiger partial charge in [-0.2, -0.15) is 0 Å². The van der Waals surface area contributed by atoms with Gasteiger partial charge in [-0.3, -0.25) is 9.59 Å². The Morgan fingerprint density at radius 1 is 0.931 bits per heavy atom. The molecule has 0 saturated carbocycles. The van der Waals surface area contributed by atoms with Gasteiger partial charge in [0.15, 0.2) is 0 Å². The van der Waals surface area contributed by atoms with Crippen molar-refractivity contribution in [3.05, 3.63) is 71.8 Å². The van der Waals surface area contributed by atoms with E-state index in [0.717, 1.165) is 12.0 Å². The Hall–Kier alpha value is -2.62. The molecule has 4 heteroatoms. The fourth-order valence-corrected chi connectivity index (χ4v) is 3.49. The van der Waals surface area contributed by atoms with E-state index in [1.165, 1.54) is 0 Å². The van der Waals surface area contributed by atoms with Crippen LogP contribution in [0.4, 0.5) is 0 Å². The van der Waals surface area contributed by atoms with Crippen LogP contribution in [0.1, 0.15) is 69.9 Å². The lowest BCUT2D eigenvalue weighted by Gasteiger charge is -2.40. The van der Waals surface area contributed by atoms with Crippen molar-refractivity contribution in [1.29, 1.82) is 0 Å². The zero-order valence-electron chi connectivity index (χ0n) is 18.5. The van der Waals surface area contributed by atoms with Crippen molar-refractivity contribution >= 4 is 11.8 Å². The molecule has 29 heavy (non-hydrogen) atoms. The Morgan fingerprint density at radius 3 is 1.93 bits per heavy atom. The molecule has 0 saturated heterocycles. The second-order valence-corrected chi connectivity index (χ2v) is 8.73. The summed E-state index contributed by atoms with van der Waals surface area (Å²) in [6.07, 6.45) is 0.794. The number of nitrogens with zero attached hydrogens (tertiary/aromatic N) is 1. The molecule has 0 aromatic heterocycles. The highest BCUT2D eigenvalue weighted by Crippen LogP contribution is 2.29. The molecule has 0 spiro atoms. The second-order valence-electron chi connectivity index (χ2n) is 8.73. The number of benzene rings is 2. The summed E-state index contributed by atoms with van der Waals surface area (Å²) in [5.74, 6) is -0.230. The summed E-state index contributed by atoms with van der Waals surface area (Å²) in [4.78, 5) is 28.8. The Balaban J connectivity index is 2.55. The molecule has 2 aromatic rings. The molecule has 0 aliphatic heterocycles. The minimum atomic E-state index is -0.567. The third kappa shape index (κ3) is 5.93. The predicted octanol–water partition coefficient (Wildman–Crippen LogP) is 5.22. The van der Waals surface area contributed by atoms with Gasteiger partial charge in [0, 0.05) is 11.1 Å². The van der Waals surface area contributed by atoms with Gasteiger partial charge in [0.1, 0.15) is 6.04 Å². The van der Waals surface area contributed by atoms with Crippen LogP contribution in [0.2, 0.25) is 0 Å². The van der Waals surface area contributed by atoms with E-state index in [4.69, 9.17) is 0 Å². The van der Waals surface area contributed by atoms with Gasteiger partial charge in [-0.1, -0.05) is 68.8 Å². The van der Waals surface area contributed by atoms with Gasteiger partial charge in [-0.15, -0.1) is 0 Å². The van der Waals surface area contributed by atoms with Crippen molar-refractivity contribution in [3.63, 3.8) is 0 Å². The molecule has 2 amide bonds. The average molecular weight is 395 g/mol. The molecule has 2 aromatic carbocycles. The highest BCUT2D eigenvalue weighted by atomic mass is 16.2.